The van der Waals surface area contributed by atoms with Crippen LogP contribution in [0.25, 0.3) is 11.1 Å². The maximum Gasteiger partial charge on any atom is 0.416 e. The van der Waals surface area contributed by atoms with E-state index in [0.29, 0.717) is 11.6 Å². The van der Waals surface area contributed by atoms with Gasteiger partial charge in [0.05, 0.1) is 27.7 Å². The molecule has 0 saturated heterocycles. The lowest BCUT2D eigenvalue weighted by Gasteiger charge is -2.36. The molecule has 0 unspecified atom stereocenters. The van der Waals surface area contributed by atoms with Crippen LogP contribution >= 0.6 is 11.6 Å². The molecular weight excluding hydrogens is 526 g/mol. The molecule has 1 aliphatic rings. The molecular formula is C24H18ClF4NO5S. The Morgan fingerprint density at radius 3 is 2.53 bits per heavy atom. The fourth-order valence-corrected chi connectivity index (χ4v) is 5.61. The number of alkyl halides is 3. The Hall–Kier alpha value is -3.31. The average Bonchev–Trinajstić information content (AvgIpc) is 2.83. The lowest BCUT2D eigenvalue weighted by molar-refractivity contribution is -0.138. The molecule has 0 fully saturated rings. The first-order valence-corrected chi connectivity index (χ1v) is 12.4. The van der Waals surface area contributed by atoms with Gasteiger partial charge >= 0.3 is 12.1 Å². The van der Waals surface area contributed by atoms with Gasteiger partial charge in [0.25, 0.3) is 10.0 Å². The van der Waals surface area contributed by atoms with Crippen molar-refractivity contribution in [3.8, 4) is 16.9 Å². The number of ether oxygens (including phenoxy) is 1. The van der Waals surface area contributed by atoms with Crippen molar-refractivity contribution in [2.24, 2.45) is 0 Å². The van der Waals surface area contributed by atoms with Crippen LogP contribution in [0, 0.1) is 5.82 Å². The van der Waals surface area contributed by atoms with Gasteiger partial charge < -0.3 is 9.84 Å². The summed E-state index contributed by atoms with van der Waals surface area (Å²) in [7, 11) is -4.55. The van der Waals surface area contributed by atoms with E-state index in [-0.39, 0.29) is 41.4 Å². The maximum absolute atomic E-state index is 14.0. The first kappa shape index (κ1) is 25.8. The predicted molar refractivity (Wildman–Crippen MR) is 124 cm³/mol. The minimum atomic E-state index is -4.76. The van der Waals surface area contributed by atoms with Crippen molar-refractivity contribution in [1.82, 2.24) is 0 Å². The van der Waals surface area contributed by atoms with E-state index < -0.39 is 44.5 Å². The molecule has 0 amide bonds. The summed E-state index contributed by atoms with van der Waals surface area (Å²) in [5, 5.41) is 8.83. The van der Waals surface area contributed by atoms with Crippen LogP contribution in [0.4, 0.5) is 23.2 Å². The quantitative estimate of drug-likeness (QED) is 0.386. The van der Waals surface area contributed by atoms with E-state index in [1.54, 1.807) is 0 Å². The number of anilines is 1. The summed E-state index contributed by atoms with van der Waals surface area (Å²) in [5.74, 6) is -1.73. The summed E-state index contributed by atoms with van der Waals surface area (Å²) in [4.78, 5) is 10.4. The van der Waals surface area contributed by atoms with Crippen molar-refractivity contribution < 1.29 is 40.6 Å². The highest BCUT2D eigenvalue weighted by atomic mass is 35.5. The number of hydrogen-bond donors (Lipinski definition) is 1. The molecule has 6 nitrogen and oxygen atoms in total. The van der Waals surface area contributed by atoms with Gasteiger partial charge in [-0.3, -0.25) is 9.10 Å². The van der Waals surface area contributed by atoms with Gasteiger partial charge in [-0.1, -0.05) is 35.9 Å². The Labute approximate surface area is 208 Å². The zero-order valence-corrected chi connectivity index (χ0v) is 19.9. The number of carboxylic acids is 1. The van der Waals surface area contributed by atoms with E-state index in [0.717, 1.165) is 28.6 Å². The third-order valence-electron chi connectivity index (χ3n) is 5.58. The normalized spacial score (nSPS) is 15.8. The van der Waals surface area contributed by atoms with Crippen molar-refractivity contribution in [1.29, 1.82) is 0 Å². The Balaban J connectivity index is 1.83. The van der Waals surface area contributed by atoms with E-state index >= 15 is 0 Å². The van der Waals surface area contributed by atoms with E-state index in [4.69, 9.17) is 21.4 Å². The molecule has 0 saturated carbocycles. The minimum Gasteiger partial charge on any atom is -0.486 e. The van der Waals surface area contributed by atoms with Gasteiger partial charge in [-0.2, -0.15) is 13.2 Å². The molecule has 0 aliphatic carbocycles. The highest BCUT2D eigenvalue weighted by Crippen LogP contribution is 2.42. The van der Waals surface area contributed by atoms with Crippen molar-refractivity contribution in [2.75, 3.05) is 10.8 Å². The number of carboxylic acid groups (broad SMARTS) is 1. The van der Waals surface area contributed by atoms with E-state index in [9.17, 15) is 30.8 Å². The molecule has 0 bridgehead atoms. The second kappa shape index (κ2) is 9.62. The molecule has 190 valence electrons. The summed E-state index contributed by atoms with van der Waals surface area (Å²) in [6, 6.07) is 11.8. The van der Waals surface area contributed by atoms with Crippen LogP contribution in [-0.2, 0) is 21.0 Å². The lowest BCUT2D eigenvalue weighted by atomic mass is 10.0. The summed E-state index contributed by atoms with van der Waals surface area (Å²) in [6.07, 6.45) is -5.99. The third kappa shape index (κ3) is 5.12. The summed E-state index contributed by atoms with van der Waals surface area (Å²) < 4.78 is 87.7. The predicted octanol–water partition coefficient (Wildman–Crippen LogP) is 5.99. The number of nitrogens with zero attached hydrogens (tertiary/aromatic N) is 1. The molecule has 0 aromatic heterocycles. The number of benzene rings is 3. The molecule has 1 atom stereocenters. The number of carbonyl (C=O) groups is 1. The van der Waals surface area contributed by atoms with Gasteiger partial charge in [-0.05, 0) is 48.4 Å². The number of aliphatic carboxylic acids is 1. The number of fused-ring (bicyclic) bond motifs is 1. The average molecular weight is 544 g/mol. The number of rotatable bonds is 6. The molecule has 3 aromatic carbocycles. The van der Waals surface area contributed by atoms with Gasteiger partial charge in [0.15, 0.2) is 0 Å². The smallest absolute Gasteiger partial charge is 0.416 e. The summed E-state index contributed by atoms with van der Waals surface area (Å²) in [6.45, 7) is -0.348. The highest BCUT2D eigenvalue weighted by Gasteiger charge is 2.37. The molecule has 0 radical (unpaired) electrons. The summed E-state index contributed by atoms with van der Waals surface area (Å²) >= 11 is 6.09. The van der Waals surface area contributed by atoms with Crippen LogP contribution in [-0.4, -0.2) is 32.1 Å². The molecule has 3 aromatic rings. The standard InChI is InChI=1S/C24H18ClF4NO5S/c25-23-18(5-2-6-19(23)26)14-7-9-21-20(11-14)30(13-16(35-21)8-10-22(31)32)36(33,34)17-4-1-3-15(12-17)24(27,28)29/h1-7,9,11-12,16H,8,10,13H2,(H,31,32)/t16-/m0/s1. The SMILES string of the molecule is O=C(O)CC[C@H]1CN(S(=O)(=O)c2cccc(C(F)(F)F)c2)c2cc(-c3cccc(F)c3Cl)ccc2O1. The van der Waals surface area contributed by atoms with Gasteiger partial charge in [0.1, 0.15) is 17.7 Å². The Kier molecular flexibility index (Phi) is 6.89. The van der Waals surface area contributed by atoms with Crippen molar-refractivity contribution >= 4 is 33.3 Å². The van der Waals surface area contributed by atoms with Crippen LogP contribution in [0.3, 0.4) is 0 Å². The van der Waals surface area contributed by atoms with E-state index in [1.807, 2.05) is 0 Å². The van der Waals surface area contributed by atoms with Gasteiger partial charge in [-0.15, -0.1) is 0 Å². The Morgan fingerprint density at radius 2 is 1.83 bits per heavy atom. The second-order valence-electron chi connectivity index (χ2n) is 8.02. The van der Waals surface area contributed by atoms with Crippen molar-refractivity contribution in [2.45, 2.75) is 30.0 Å². The molecule has 1 aliphatic heterocycles. The van der Waals surface area contributed by atoms with Crippen LogP contribution in [0.5, 0.6) is 5.75 Å². The number of halogens is 5. The number of sulfonamides is 1. The van der Waals surface area contributed by atoms with Gasteiger partial charge in [0, 0.05) is 12.0 Å². The third-order valence-corrected chi connectivity index (χ3v) is 7.74. The van der Waals surface area contributed by atoms with Crippen LogP contribution < -0.4 is 9.04 Å². The van der Waals surface area contributed by atoms with E-state index in [2.05, 4.69) is 0 Å². The first-order chi connectivity index (χ1) is 16.9. The molecule has 1 heterocycles. The fourth-order valence-electron chi connectivity index (χ4n) is 3.83. The molecule has 36 heavy (non-hydrogen) atoms. The first-order valence-electron chi connectivity index (χ1n) is 10.5. The maximum atomic E-state index is 14.0. The largest absolute Gasteiger partial charge is 0.486 e. The zero-order valence-electron chi connectivity index (χ0n) is 18.3. The van der Waals surface area contributed by atoms with Crippen LogP contribution in [0.15, 0.2) is 65.6 Å². The Morgan fingerprint density at radius 1 is 1.11 bits per heavy atom. The highest BCUT2D eigenvalue weighted by molar-refractivity contribution is 7.92. The van der Waals surface area contributed by atoms with Gasteiger partial charge in [-0.25, -0.2) is 12.8 Å². The lowest BCUT2D eigenvalue weighted by Crippen LogP contribution is -2.43. The molecule has 1 N–H and O–H groups in total. The zero-order chi connectivity index (χ0) is 26.3. The summed E-state index contributed by atoms with van der Waals surface area (Å²) in [5.41, 5.74) is -0.532. The minimum absolute atomic E-state index is 0.00295. The monoisotopic (exact) mass is 543 g/mol. The van der Waals surface area contributed by atoms with Gasteiger partial charge in [0.2, 0.25) is 0 Å². The van der Waals surface area contributed by atoms with Crippen molar-refractivity contribution in [3.63, 3.8) is 0 Å². The number of hydrogen-bond acceptors (Lipinski definition) is 4. The molecule has 12 heteroatoms. The van der Waals surface area contributed by atoms with Crippen LogP contribution in [0.1, 0.15) is 18.4 Å². The topological polar surface area (TPSA) is 83.9 Å². The Bertz CT molecular complexity index is 1430. The van der Waals surface area contributed by atoms with Crippen LogP contribution in [0.2, 0.25) is 5.02 Å². The van der Waals surface area contributed by atoms with Crippen molar-refractivity contribution in [3.05, 3.63) is 77.1 Å². The fraction of sp³-hybridized carbons (Fsp3) is 0.208. The molecule has 4 rings (SSSR count). The van der Waals surface area contributed by atoms with E-state index in [1.165, 1.54) is 30.3 Å². The molecule has 0 spiro atoms. The second-order valence-corrected chi connectivity index (χ2v) is 10.3.